The van der Waals surface area contributed by atoms with Crippen molar-refractivity contribution in [2.24, 2.45) is 11.8 Å². The number of amides is 1. The zero-order valence-electron chi connectivity index (χ0n) is 9.69. The maximum atomic E-state index is 11.5. The van der Waals surface area contributed by atoms with Gasteiger partial charge in [-0.25, -0.2) is 4.98 Å². The Labute approximate surface area is 98.0 Å². The number of hydrogen-bond donors (Lipinski definition) is 2. The minimum atomic E-state index is -0.909. The molecule has 0 aliphatic heterocycles. The van der Waals surface area contributed by atoms with E-state index in [2.05, 4.69) is 10.3 Å². The predicted octanol–water partition coefficient (Wildman–Crippen LogP) is 0.628. The summed E-state index contributed by atoms with van der Waals surface area (Å²) in [7, 11) is 0. The van der Waals surface area contributed by atoms with Crippen LogP contribution in [0.4, 0.5) is 0 Å². The molecule has 0 aromatic carbocycles. The van der Waals surface area contributed by atoms with E-state index >= 15 is 0 Å². The van der Waals surface area contributed by atoms with Crippen LogP contribution in [0.1, 0.15) is 23.8 Å². The van der Waals surface area contributed by atoms with Gasteiger partial charge >= 0.3 is 5.97 Å². The van der Waals surface area contributed by atoms with Crippen molar-refractivity contribution in [2.45, 2.75) is 26.8 Å². The van der Waals surface area contributed by atoms with Crippen molar-refractivity contribution in [3.05, 3.63) is 17.3 Å². The van der Waals surface area contributed by atoms with Gasteiger partial charge in [0.15, 0.2) is 0 Å². The Morgan fingerprint density at radius 3 is 2.65 bits per heavy atom. The van der Waals surface area contributed by atoms with E-state index in [-0.39, 0.29) is 12.5 Å². The molecule has 1 aliphatic carbocycles. The largest absolute Gasteiger partial charge is 0.481 e. The fraction of sp³-hybridized carbons (Fsp3) is 0.545. The van der Waals surface area contributed by atoms with Gasteiger partial charge in [0.25, 0.3) is 0 Å². The SMILES string of the molecule is Cc1nc(CNC(=O)C2CC2C(=O)O)oc1C. The van der Waals surface area contributed by atoms with Crippen LogP contribution in [-0.4, -0.2) is 22.0 Å². The molecule has 1 aliphatic rings. The first-order chi connectivity index (χ1) is 7.99. The maximum Gasteiger partial charge on any atom is 0.307 e. The van der Waals surface area contributed by atoms with Gasteiger partial charge in [0.1, 0.15) is 5.76 Å². The first-order valence-electron chi connectivity index (χ1n) is 5.42. The molecular weight excluding hydrogens is 224 g/mol. The Kier molecular flexibility index (Phi) is 2.87. The van der Waals surface area contributed by atoms with E-state index in [9.17, 15) is 9.59 Å². The lowest BCUT2D eigenvalue weighted by Crippen LogP contribution is -2.26. The molecule has 2 atom stereocenters. The number of nitrogens with zero attached hydrogens (tertiary/aromatic N) is 1. The average Bonchev–Trinajstić information content (AvgIpc) is 2.99. The fourth-order valence-corrected chi connectivity index (χ4v) is 1.67. The zero-order valence-corrected chi connectivity index (χ0v) is 9.69. The van der Waals surface area contributed by atoms with Crippen LogP contribution in [-0.2, 0) is 16.1 Å². The number of carbonyl (C=O) groups excluding carboxylic acids is 1. The highest BCUT2D eigenvalue weighted by Gasteiger charge is 2.48. The normalized spacial score (nSPS) is 22.2. The van der Waals surface area contributed by atoms with Gasteiger partial charge in [-0.2, -0.15) is 0 Å². The van der Waals surface area contributed by atoms with Gasteiger partial charge in [0, 0.05) is 0 Å². The zero-order chi connectivity index (χ0) is 12.6. The number of carbonyl (C=O) groups is 2. The molecule has 1 saturated carbocycles. The van der Waals surface area contributed by atoms with E-state index in [0.29, 0.717) is 12.3 Å². The molecule has 1 amide bonds. The second-order valence-electron chi connectivity index (χ2n) is 4.25. The molecule has 0 spiro atoms. The van der Waals surface area contributed by atoms with Crippen molar-refractivity contribution in [1.82, 2.24) is 10.3 Å². The van der Waals surface area contributed by atoms with Crippen LogP contribution in [0.2, 0.25) is 0 Å². The lowest BCUT2D eigenvalue weighted by molar-refractivity contribution is -0.140. The molecule has 92 valence electrons. The number of carboxylic acids is 1. The Morgan fingerprint density at radius 1 is 1.47 bits per heavy atom. The Bertz CT molecular complexity index is 447. The van der Waals surface area contributed by atoms with E-state index in [0.717, 1.165) is 11.5 Å². The van der Waals surface area contributed by atoms with Crippen LogP contribution >= 0.6 is 0 Å². The molecule has 1 aromatic heterocycles. The lowest BCUT2D eigenvalue weighted by Gasteiger charge is -2.00. The van der Waals surface area contributed by atoms with Crippen molar-refractivity contribution in [1.29, 1.82) is 0 Å². The molecule has 0 bridgehead atoms. The van der Waals surface area contributed by atoms with Gasteiger partial charge in [0.2, 0.25) is 11.8 Å². The van der Waals surface area contributed by atoms with E-state index < -0.39 is 17.8 Å². The molecule has 2 N–H and O–H groups in total. The molecule has 1 heterocycles. The van der Waals surface area contributed by atoms with Crippen LogP contribution in [0.25, 0.3) is 0 Å². The van der Waals surface area contributed by atoms with Crippen LogP contribution < -0.4 is 5.32 Å². The van der Waals surface area contributed by atoms with Crippen molar-refractivity contribution < 1.29 is 19.1 Å². The molecule has 0 radical (unpaired) electrons. The van der Waals surface area contributed by atoms with Crippen molar-refractivity contribution in [2.75, 3.05) is 0 Å². The minimum absolute atomic E-state index is 0.205. The monoisotopic (exact) mass is 238 g/mol. The van der Waals surface area contributed by atoms with Gasteiger partial charge in [-0.05, 0) is 20.3 Å². The van der Waals surface area contributed by atoms with E-state index in [1.165, 1.54) is 0 Å². The number of aromatic nitrogens is 1. The summed E-state index contributed by atoms with van der Waals surface area (Å²) in [5.41, 5.74) is 0.795. The first-order valence-corrected chi connectivity index (χ1v) is 5.42. The highest BCUT2D eigenvalue weighted by Crippen LogP contribution is 2.38. The third-order valence-electron chi connectivity index (χ3n) is 2.93. The number of rotatable bonds is 4. The summed E-state index contributed by atoms with van der Waals surface area (Å²) >= 11 is 0. The molecule has 2 rings (SSSR count). The summed E-state index contributed by atoms with van der Waals surface area (Å²) in [6, 6.07) is 0. The molecule has 2 unspecified atom stereocenters. The number of hydrogen-bond acceptors (Lipinski definition) is 4. The highest BCUT2D eigenvalue weighted by molar-refractivity contribution is 5.89. The van der Waals surface area contributed by atoms with Crippen molar-refractivity contribution >= 4 is 11.9 Å². The summed E-state index contributed by atoms with van der Waals surface area (Å²) in [6.45, 7) is 3.83. The van der Waals surface area contributed by atoms with E-state index in [1.807, 2.05) is 6.92 Å². The van der Waals surface area contributed by atoms with Crippen molar-refractivity contribution in [3.63, 3.8) is 0 Å². The molecule has 1 fully saturated rings. The number of oxazole rings is 1. The third kappa shape index (κ3) is 2.46. The van der Waals surface area contributed by atoms with Crippen LogP contribution in [0.5, 0.6) is 0 Å². The highest BCUT2D eigenvalue weighted by atomic mass is 16.4. The summed E-state index contributed by atoms with van der Waals surface area (Å²) < 4.78 is 5.30. The van der Waals surface area contributed by atoms with Crippen LogP contribution in [0.15, 0.2) is 4.42 Å². The number of carboxylic acid groups (broad SMARTS) is 1. The van der Waals surface area contributed by atoms with Gasteiger partial charge in [-0.1, -0.05) is 0 Å². The molecule has 6 nitrogen and oxygen atoms in total. The van der Waals surface area contributed by atoms with Gasteiger partial charge < -0.3 is 14.8 Å². The quantitative estimate of drug-likeness (QED) is 0.802. The van der Waals surface area contributed by atoms with Crippen LogP contribution in [0.3, 0.4) is 0 Å². The fourth-order valence-electron chi connectivity index (χ4n) is 1.67. The van der Waals surface area contributed by atoms with Crippen molar-refractivity contribution in [3.8, 4) is 0 Å². The Morgan fingerprint density at radius 2 is 2.18 bits per heavy atom. The second-order valence-corrected chi connectivity index (χ2v) is 4.25. The molecule has 0 saturated heterocycles. The second kappa shape index (κ2) is 4.20. The van der Waals surface area contributed by atoms with Gasteiger partial charge in [0.05, 0.1) is 24.1 Å². The predicted molar refractivity (Wildman–Crippen MR) is 57.1 cm³/mol. The number of aliphatic carboxylic acids is 1. The smallest absolute Gasteiger partial charge is 0.307 e. The Hall–Kier alpha value is -1.85. The topological polar surface area (TPSA) is 92.4 Å². The van der Waals surface area contributed by atoms with E-state index in [1.54, 1.807) is 6.92 Å². The summed E-state index contributed by atoms with van der Waals surface area (Å²) in [5.74, 6) is -0.906. The average molecular weight is 238 g/mol. The first kappa shape index (κ1) is 11.6. The summed E-state index contributed by atoms with van der Waals surface area (Å²) in [5, 5.41) is 11.3. The molecule has 1 aromatic rings. The molecule has 6 heteroatoms. The van der Waals surface area contributed by atoms with Gasteiger partial charge in [-0.3, -0.25) is 9.59 Å². The van der Waals surface area contributed by atoms with E-state index in [4.69, 9.17) is 9.52 Å². The maximum absolute atomic E-state index is 11.5. The number of aryl methyl sites for hydroxylation is 2. The molecular formula is C11H14N2O4. The lowest BCUT2D eigenvalue weighted by atomic mass is 10.3. The minimum Gasteiger partial charge on any atom is -0.481 e. The standard InChI is InChI=1S/C11H14N2O4/c1-5-6(2)17-9(13-5)4-12-10(14)7-3-8(7)11(15)16/h7-8H,3-4H2,1-2H3,(H,12,14)(H,15,16). The van der Waals surface area contributed by atoms with Gasteiger partial charge in [-0.15, -0.1) is 0 Å². The Balaban J connectivity index is 1.83. The number of nitrogens with one attached hydrogen (secondary N) is 1. The van der Waals surface area contributed by atoms with Crippen LogP contribution in [0, 0.1) is 25.7 Å². The molecule has 17 heavy (non-hydrogen) atoms. The third-order valence-corrected chi connectivity index (χ3v) is 2.93. The summed E-state index contributed by atoms with van der Waals surface area (Å²) in [6.07, 6.45) is 0.421. The summed E-state index contributed by atoms with van der Waals surface area (Å²) in [4.78, 5) is 26.2.